The fourth-order valence-electron chi connectivity index (χ4n) is 2.18. The highest BCUT2D eigenvalue weighted by molar-refractivity contribution is 7.89. The van der Waals surface area contributed by atoms with E-state index in [-0.39, 0.29) is 10.8 Å². The Morgan fingerprint density at radius 2 is 1.68 bits per heavy atom. The molecule has 7 heteroatoms. The zero-order chi connectivity index (χ0) is 18.4. The number of aryl methyl sites for hydroxylation is 1. The van der Waals surface area contributed by atoms with Crippen LogP contribution in [0.25, 0.3) is 0 Å². The highest BCUT2D eigenvalue weighted by Crippen LogP contribution is 2.16. The summed E-state index contributed by atoms with van der Waals surface area (Å²) in [5.74, 6) is -0.279. The molecular formula is C18H23N3O3S. The predicted octanol–water partition coefficient (Wildman–Crippen LogP) is 2.09. The molecule has 0 radical (unpaired) electrons. The summed E-state index contributed by atoms with van der Waals surface area (Å²) in [6.45, 7) is 2.84. The lowest BCUT2D eigenvalue weighted by Crippen LogP contribution is -2.31. The number of hydrogen-bond acceptors (Lipinski definition) is 4. The van der Waals surface area contributed by atoms with Crippen LogP contribution >= 0.6 is 0 Å². The second kappa shape index (κ2) is 8.24. The molecule has 2 N–H and O–H groups in total. The van der Waals surface area contributed by atoms with Gasteiger partial charge in [-0.3, -0.25) is 4.79 Å². The van der Waals surface area contributed by atoms with E-state index in [0.29, 0.717) is 18.7 Å². The van der Waals surface area contributed by atoms with Crippen molar-refractivity contribution in [1.29, 1.82) is 0 Å². The number of nitrogens with one attached hydrogen (secondary N) is 2. The van der Waals surface area contributed by atoms with Gasteiger partial charge in [-0.2, -0.15) is 0 Å². The van der Waals surface area contributed by atoms with Crippen molar-refractivity contribution in [2.45, 2.75) is 11.8 Å². The van der Waals surface area contributed by atoms with Crippen LogP contribution in [0.5, 0.6) is 0 Å². The second-order valence-electron chi connectivity index (χ2n) is 5.99. The molecule has 0 spiro atoms. The minimum atomic E-state index is -3.57. The van der Waals surface area contributed by atoms with Crippen molar-refractivity contribution in [3.63, 3.8) is 0 Å². The molecule has 6 nitrogen and oxygen atoms in total. The van der Waals surface area contributed by atoms with Crippen molar-refractivity contribution in [2.75, 3.05) is 32.5 Å². The lowest BCUT2D eigenvalue weighted by molar-refractivity contribution is 0.102. The summed E-state index contributed by atoms with van der Waals surface area (Å²) in [5, 5.41) is 2.82. The van der Waals surface area contributed by atoms with E-state index in [4.69, 9.17) is 0 Å². The summed E-state index contributed by atoms with van der Waals surface area (Å²) in [6.07, 6.45) is 0. The smallest absolute Gasteiger partial charge is 0.255 e. The molecular weight excluding hydrogens is 338 g/mol. The van der Waals surface area contributed by atoms with E-state index < -0.39 is 10.0 Å². The van der Waals surface area contributed by atoms with Gasteiger partial charge in [-0.15, -0.1) is 0 Å². The van der Waals surface area contributed by atoms with Crippen LogP contribution in [0.3, 0.4) is 0 Å². The van der Waals surface area contributed by atoms with E-state index in [1.54, 1.807) is 0 Å². The van der Waals surface area contributed by atoms with Gasteiger partial charge in [0.05, 0.1) is 4.90 Å². The normalized spacial score (nSPS) is 11.5. The van der Waals surface area contributed by atoms with Crippen molar-refractivity contribution in [3.05, 3.63) is 59.7 Å². The summed E-state index contributed by atoms with van der Waals surface area (Å²) in [6, 6.07) is 13.4. The SMILES string of the molecule is Cc1ccccc1NC(=O)c1ccc(S(=O)(=O)NCCN(C)C)cc1. The molecule has 2 aromatic rings. The highest BCUT2D eigenvalue weighted by atomic mass is 32.2. The van der Waals surface area contributed by atoms with E-state index >= 15 is 0 Å². The average molecular weight is 361 g/mol. The van der Waals surface area contributed by atoms with E-state index in [9.17, 15) is 13.2 Å². The molecule has 2 aromatic carbocycles. The monoisotopic (exact) mass is 361 g/mol. The van der Waals surface area contributed by atoms with Crippen LogP contribution in [-0.2, 0) is 10.0 Å². The van der Waals surface area contributed by atoms with Crippen molar-refractivity contribution < 1.29 is 13.2 Å². The summed E-state index contributed by atoms with van der Waals surface area (Å²) in [5.41, 5.74) is 2.09. The number of hydrogen-bond donors (Lipinski definition) is 2. The number of nitrogens with zero attached hydrogens (tertiary/aromatic N) is 1. The van der Waals surface area contributed by atoms with Crippen LogP contribution in [0.15, 0.2) is 53.4 Å². The number of para-hydroxylation sites is 1. The lowest BCUT2D eigenvalue weighted by Gasteiger charge is -2.11. The van der Waals surface area contributed by atoms with Crippen molar-refractivity contribution in [1.82, 2.24) is 9.62 Å². The van der Waals surface area contributed by atoms with Gasteiger partial charge < -0.3 is 10.2 Å². The van der Waals surface area contributed by atoms with Crippen LogP contribution in [0.1, 0.15) is 15.9 Å². The van der Waals surface area contributed by atoms with Gasteiger partial charge in [-0.1, -0.05) is 18.2 Å². The van der Waals surface area contributed by atoms with Crippen LogP contribution < -0.4 is 10.0 Å². The number of likely N-dealkylation sites (N-methyl/N-ethyl adjacent to an activating group) is 1. The first-order chi connectivity index (χ1) is 11.8. The minimum Gasteiger partial charge on any atom is -0.322 e. The Balaban J connectivity index is 2.06. The summed E-state index contributed by atoms with van der Waals surface area (Å²) in [7, 11) is 0.170. The van der Waals surface area contributed by atoms with Gasteiger partial charge in [-0.05, 0) is 56.9 Å². The molecule has 0 heterocycles. The molecule has 25 heavy (non-hydrogen) atoms. The molecule has 0 aromatic heterocycles. The summed E-state index contributed by atoms with van der Waals surface area (Å²) in [4.78, 5) is 14.3. The highest BCUT2D eigenvalue weighted by Gasteiger charge is 2.15. The fourth-order valence-corrected chi connectivity index (χ4v) is 3.20. The number of sulfonamides is 1. The van der Waals surface area contributed by atoms with Crippen LogP contribution in [0.2, 0.25) is 0 Å². The quantitative estimate of drug-likeness (QED) is 0.791. The fraction of sp³-hybridized carbons (Fsp3) is 0.278. The maximum Gasteiger partial charge on any atom is 0.255 e. The Labute approximate surface area is 148 Å². The van der Waals surface area contributed by atoms with Gasteiger partial charge >= 0.3 is 0 Å². The third kappa shape index (κ3) is 5.38. The van der Waals surface area contributed by atoms with Gasteiger partial charge in [0.2, 0.25) is 10.0 Å². The van der Waals surface area contributed by atoms with Gasteiger partial charge in [0.25, 0.3) is 5.91 Å². The zero-order valence-corrected chi connectivity index (χ0v) is 15.4. The standard InChI is InChI=1S/C18H23N3O3S/c1-14-6-4-5-7-17(14)20-18(22)15-8-10-16(11-9-15)25(23,24)19-12-13-21(2)3/h4-11,19H,12-13H2,1-3H3,(H,20,22). The van der Waals surface area contributed by atoms with Gasteiger partial charge in [0.15, 0.2) is 0 Å². The van der Waals surface area contributed by atoms with Crippen molar-refractivity contribution >= 4 is 21.6 Å². The average Bonchev–Trinajstić information content (AvgIpc) is 2.56. The predicted molar refractivity (Wildman–Crippen MR) is 99.3 cm³/mol. The maximum atomic E-state index is 12.3. The third-order valence-corrected chi connectivity index (χ3v) is 5.15. The molecule has 0 aliphatic carbocycles. The number of anilines is 1. The van der Waals surface area contributed by atoms with Crippen LogP contribution in [-0.4, -0.2) is 46.4 Å². The van der Waals surface area contributed by atoms with E-state index in [2.05, 4.69) is 10.0 Å². The summed E-state index contributed by atoms with van der Waals surface area (Å²) >= 11 is 0. The molecule has 0 saturated heterocycles. The molecule has 1 amide bonds. The zero-order valence-electron chi connectivity index (χ0n) is 14.6. The maximum absolute atomic E-state index is 12.3. The van der Waals surface area contributed by atoms with Gasteiger partial charge in [0.1, 0.15) is 0 Å². The molecule has 2 rings (SSSR count). The van der Waals surface area contributed by atoms with Gasteiger partial charge in [0, 0.05) is 24.3 Å². The first-order valence-electron chi connectivity index (χ1n) is 7.91. The number of rotatable bonds is 7. The number of amides is 1. The lowest BCUT2D eigenvalue weighted by atomic mass is 10.1. The Hall–Kier alpha value is -2.22. The number of carbonyl (C=O) groups is 1. The third-order valence-electron chi connectivity index (χ3n) is 3.67. The molecule has 0 atom stereocenters. The Morgan fingerprint density at radius 3 is 2.28 bits per heavy atom. The molecule has 0 bridgehead atoms. The Morgan fingerprint density at radius 1 is 1.04 bits per heavy atom. The number of benzene rings is 2. The Kier molecular flexibility index (Phi) is 6.30. The summed E-state index contributed by atoms with van der Waals surface area (Å²) < 4.78 is 26.9. The molecule has 134 valence electrons. The van der Waals surface area contributed by atoms with E-state index in [1.807, 2.05) is 50.2 Å². The van der Waals surface area contributed by atoms with E-state index in [1.165, 1.54) is 24.3 Å². The van der Waals surface area contributed by atoms with E-state index in [0.717, 1.165) is 11.3 Å². The first-order valence-corrected chi connectivity index (χ1v) is 9.39. The van der Waals surface area contributed by atoms with Gasteiger partial charge in [-0.25, -0.2) is 13.1 Å². The second-order valence-corrected chi connectivity index (χ2v) is 7.76. The molecule has 0 fully saturated rings. The molecule has 0 saturated carbocycles. The topological polar surface area (TPSA) is 78.5 Å². The largest absolute Gasteiger partial charge is 0.322 e. The molecule has 0 aliphatic rings. The Bertz CT molecular complexity index is 831. The first kappa shape index (κ1) is 19.1. The minimum absolute atomic E-state index is 0.138. The van der Waals surface area contributed by atoms with Crippen molar-refractivity contribution in [3.8, 4) is 0 Å². The van der Waals surface area contributed by atoms with Crippen LogP contribution in [0, 0.1) is 6.92 Å². The van der Waals surface area contributed by atoms with Crippen molar-refractivity contribution in [2.24, 2.45) is 0 Å². The van der Waals surface area contributed by atoms with Crippen LogP contribution in [0.4, 0.5) is 5.69 Å². The molecule has 0 unspecified atom stereocenters. The molecule has 0 aliphatic heterocycles. The number of carbonyl (C=O) groups excluding carboxylic acids is 1.